The molecule has 0 radical (unpaired) electrons. The van der Waals surface area contributed by atoms with Crippen molar-refractivity contribution in [2.24, 2.45) is 5.10 Å². The summed E-state index contributed by atoms with van der Waals surface area (Å²) in [6.07, 6.45) is 1.90. The molecular weight excluding hydrogens is 226 g/mol. The monoisotopic (exact) mass is 239 g/mol. The van der Waals surface area contributed by atoms with E-state index in [-0.39, 0.29) is 0 Å². The third-order valence-corrected chi connectivity index (χ3v) is 2.90. The van der Waals surface area contributed by atoms with Crippen LogP contribution in [0.1, 0.15) is 12.5 Å². The molecule has 0 fully saturated rings. The number of benzene rings is 1. The molecule has 3 N–H and O–H groups in total. The molecule has 80 valence electrons. The van der Waals surface area contributed by atoms with E-state index < -0.39 is 0 Å². The SMILES string of the molecule is CSC(=S)N/N=C(\C)c1ccccc1N. The van der Waals surface area contributed by atoms with Crippen molar-refractivity contribution in [2.75, 3.05) is 12.0 Å². The number of hydrogen-bond acceptors (Lipinski definition) is 4. The minimum atomic E-state index is 0.642. The van der Waals surface area contributed by atoms with Crippen LogP contribution in [0.5, 0.6) is 0 Å². The Bertz CT molecular complexity index is 388. The first-order chi connectivity index (χ1) is 7.15. The second kappa shape index (κ2) is 5.72. The molecule has 0 heterocycles. The van der Waals surface area contributed by atoms with Gasteiger partial charge in [0.25, 0.3) is 0 Å². The molecule has 1 aromatic rings. The van der Waals surface area contributed by atoms with E-state index in [1.54, 1.807) is 0 Å². The van der Waals surface area contributed by atoms with E-state index in [9.17, 15) is 0 Å². The summed E-state index contributed by atoms with van der Waals surface area (Å²) in [4.78, 5) is 0. The molecule has 0 atom stereocenters. The first kappa shape index (κ1) is 12.0. The fourth-order valence-electron chi connectivity index (χ4n) is 1.06. The van der Waals surface area contributed by atoms with Gasteiger partial charge in [-0.15, -0.1) is 0 Å². The fraction of sp³-hybridized carbons (Fsp3) is 0.200. The molecule has 0 saturated carbocycles. The molecule has 15 heavy (non-hydrogen) atoms. The Morgan fingerprint density at radius 2 is 2.13 bits per heavy atom. The fourth-order valence-corrected chi connectivity index (χ4v) is 1.24. The maximum atomic E-state index is 5.81. The second-order valence-electron chi connectivity index (χ2n) is 2.89. The van der Waals surface area contributed by atoms with E-state index in [1.807, 2.05) is 37.4 Å². The zero-order chi connectivity index (χ0) is 11.3. The highest BCUT2D eigenvalue weighted by Gasteiger charge is 2.01. The van der Waals surface area contributed by atoms with Crippen molar-refractivity contribution in [3.05, 3.63) is 29.8 Å². The molecule has 5 heteroatoms. The third kappa shape index (κ3) is 3.53. The lowest BCUT2D eigenvalue weighted by Crippen LogP contribution is -2.14. The first-order valence-electron chi connectivity index (χ1n) is 4.38. The molecule has 0 bridgehead atoms. The second-order valence-corrected chi connectivity index (χ2v) is 4.37. The Morgan fingerprint density at radius 3 is 2.73 bits per heavy atom. The topological polar surface area (TPSA) is 50.4 Å². The predicted molar refractivity (Wildman–Crippen MR) is 72.3 cm³/mol. The van der Waals surface area contributed by atoms with Crippen molar-refractivity contribution >= 4 is 39.7 Å². The smallest absolute Gasteiger partial charge is 0.153 e. The van der Waals surface area contributed by atoms with Crippen LogP contribution in [-0.4, -0.2) is 16.3 Å². The van der Waals surface area contributed by atoms with Crippen molar-refractivity contribution in [1.29, 1.82) is 0 Å². The molecule has 0 aliphatic carbocycles. The maximum Gasteiger partial charge on any atom is 0.153 e. The normalized spacial score (nSPS) is 11.2. The number of rotatable bonds is 2. The average molecular weight is 239 g/mol. The maximum absolute atomic E-state index is 5.81. The van der Waals surface area contributed by atoms with E-state index >= 15 is 0 Å². The summed E-state index contributed by atoms with van der Waals surface area (Å²) in [5, 5.41) is 4.15. The van der Waals surface area contributed by atoms with Crippen LogP contribution < -0.4 is 11.2 Å². The first-order valence-corrected chi connectivity index (χ1v) is 6.01. The van der Waals surface area contributed by atoms with Crippen LogP contribution >= 0.6 is 24.0 Å². The summed E-state index contributed by atoms with van der Waals surface area (Å²) < 4.78 is 0.642. The molecular formula is C10H13N3S2. The number of anilines is 1. The third-order valence-electron chi connectivity index (χ3n) is 1.85. The van der Waals surface area contributed by atoms with Gasteiger partial charge in [0.15, 0.2) is 4.32 Å². The van der Waals surface area contributed by atoms with Crippen LogP contribution in [-0.2, 0) is 0 Å². The van der Waals surface area contributed by atoms with Crippen molar-refractivity contribution in [1.82, 2.24) is 5.43 Å². The Labute approximate surface area is 99.1 Å². The lowest BCUT2D eigenvalue weighted by atomic mass is 10.1. The average Bonchev–Trinajstić information content (AvgIpc) is 2.26. The summed E-state index contributed by atoms with van der Waals surface area (Å²) >= 11 is 6.42. The highest BCUT2D eigenvalue weighted by Crippen LogP contribution is 2.11. The molecule has 0 amide bonds. The van der Waals surface area contributed by atoms with Crippen molar-refractivity contribution < 1.29 is 0 Å². The molecule has 0 aromatic heterocycles. The lowest BCUT2D eigenvalue weighted by molar-refractivity contribution is 1.06. The Kier molecular flexibility index (Phi) is 4.58. The summed E-state index contributed by atoms with van der Waals surface area (Å²) in [6.45, 7) is 1.89. The van der Waals surface area contributed by atoms with Gasteiger partial charge in [0.1, 0.15) is 0 Å². The van der Waals surface area contributed by atoms with Crippen molar-refractivity contribution in [3.8, 4) is 0 Å². The minimum absolute atomic E-state index is 0.642. The number of nitrogens with zero attached hydrogens (tertiary/aromatic N) is 1. The summed E-state index contributed by atoms with van der Waals surface area (Å²) in [6, 6.07) is 7.60. The van der Waals surface area contributed by atoms with Gasteiger partial charge in [-0.25, -0.2) is 0 Å². The summed E-state index contributed by atoms with van der Waals surface area (Å²) in [5.41, 5.74) is 11.1. The van der Waals surface area contributed by atoms with Gasteiger partial charge in [-0.2, -0.15) is 5.10 Å². The predicted octanol–water partition coefficient (Wildman–Crippen LogP) is 2.23. The minimum Gasteiger partial charge on any atom is -0.398 e. The van der Waals surface area contributed by atoms with Crippen LogP contribution in [0.3, 0.4) is 0 Å². The molecule has 1 aromatic carbocycles. The van der Waals surface area contributed by atoms with E-state index in [1.165, 1.54) is 11.8 Å². The quantitative estimate of drug-likeness (QED) is 0.360. The van der Waals surface area contributed by atoms with Gasteiger partial charge < -0.3 is 5.73 Å². The molecule has 0 aliphatic heterocycles. The molecule has 0 saturated heterocycles. The number of thioether (sulfide) groups is 1. The van der Waals surface area contributed by atoms with Crippen LogP contribution in [0.4, 0.5) is 5.69 Å². The summed E-state index contributed by atoms with van der Waals surface area (Å²) in [7, 11) is 0. The standard InChI is InChI=1S/C10H13N3S2/c1-7(12-13-10(14)15-2)8-5-3-4-6-9(8)11/h3-6H,11H2,1-2H3,(H,13,14)/b12-7+. The zero-order valence-corrected chi connectivity index (χ0v) is 10.3. The van der Waals surface area contributed by atoms with Crippen LogP contribution in [0, 0.1) is 0 Å². The number of nitrogens with two attached hydrogens (primary N) is 1. The largest absolute Gasteiger partial charge is 0.398 e. The van der Waals surface area contributed by atoms with Gasteiger partial charge in [-0.3, -0.25) is 5.43 Å². The van der Waals surface area contributed by atoms with Crippen molar-refractivity contribution in [3.63, 3.8) is 0 Å². The Morgan fingerprint density at radius 1 is 1.47 bits per heavy atom. The number of hydrazone groups is 1. The van der Waals surface area contributed by atoms with Crippen molar-refractivity contribution in [2.45, 2.75) is 6.92 Å². The van der Waals surface area contributed by atoms with Gasteiger partial charge in [0.05, 0.1) is 5.71 Å². The number of nitrogens with one attached hydrogen (secondary N) is 1. The Hall–Kier alpha value is -1.07. The Balaban J connectivity index is 2.80. The van der Waals surface area contributed by atoms with Crippen LogP contribution in [0.2, 0.25) is 0 Å². The summed E-state index contributed by atoms with van der Waals surface area (Å²) in [5.74, 6) is 0. The van der Waals surface area contributed by atoms with Gasteiger partial charge in [-0.05, 0) is 19.2 Å². The highest BCUT2D eigenvalue weighted by molar-refractivity contribution is 8.22. The molecule has 0 aliphatic rings. The highest BCUT2D eigenvalue weighted by atomic mass is 32.2. The van der Waals surface area contributed by atoms with E-state index in [2.05, 4.69) is 10.5 Å². The van der Waals surface area contributed by atoms with E-state index in [0.717, 1.165) is 17.0 Å². The number of thiocarbonyl (C=S) groups is 1. The van der Waals surface area contributed by atoms with Crippen LogP contribution in [0.15, 0.2) is 29.4 Å². The molecule has 1 rings (SSSR count). The zero-order valence-electron chi connectivity index (χ0n) is 8.65. The van der Waals surface area contributed by atoms with Gasteiger partial charge in [0.2, 0.25) is 0 Å². The number of para-hydroxylation sites is 1. The van der Waals surface area contributed by atoms with Gasteiger partial charge >= 0.3 is 0 Å². The van der Waals surface area contributed by atoms with Gasteiger partial charge in [-0.1, -0.05) is 42.2 Å². The van der Waals surface area contributed by atoms with E-state index in [0.29, 0.717) is 4.32 Å². The number of hydrogen-bond donors (Lipinski definition) is 2. The lowest BCUT2D eigenvalue weighted by Gasteiger charge is -2.05. The molecule has 0 unspecified atom stereocenters. The van der Waals surface area contributed by atoms with Crippen LogP contribution in [0.25, 0.3) is 0 Å². The van der Waals surface area contributed by atoms with E-state index in [4.69, 9.17) is 18.0 Å². The number of nitrogen functional groups attached to an aromatic ring is 1. The molecule has 0 spiro atoms. The van der Waals surface area contributed by atoms with Gasteiger partial charge in [0, 0.05) is 11.3 Å². The molecule has 3 nitrogen and oxygen atoms in total.